The molecule has 0 bridgehead atoms. The topological polar surface area (TPSA) is 120 Å². The van der Waals surface area contributed by atoms with E-state index in [1.54, 1.807) is 30.3 Å². The average Bonchev–Trinajstić information content (AvgIpc) is 3.15. The zero-order valence-corrected chi connectivity index (χ0v) is 20.0. The van der Waals surface area contributed by atoms with E-state index in [9.17, 15) is 18.0 Å². The molecule has 2 heterocycles. The number of imidazole rings is 1. The summed E-state index contributed by atoms with van der Waals surface area (Å²) < 4.78 is 39.1. The summed E-state index contributed by atoms with van der Waals surface area (Å²) in [4.78, 5) is 29.4. The molecule has 2 aromatic carbocycles. The maximum atomic E-state index is 12.5. The van der Waals surface area contributed by atoms with Crippen molar-refractivity contribution >= 4 is 38.6 Å². The highest BCUT2D eigenvalue weighted by atomic mass is 32.2. The van der Waals surface area contributed by atoms with E-state index < -0.39 is 28.0 Å². The normalized spacial score (nSPS) is 15.6. The lowest BCUT2D eigenvalue weighted by atomic mass is 10.1. The molecule has 1 N–H and O–H groups in total. The number of para-hydroxylation sites is 2. The molecular weight excluding hydrogens is 460 g/mol. The van der Waals surface area contributed by atoms with Crippen molar-refractivity contribution in [3.63, 3.8) is 0 Å². The van der Waals surface area contributed by atoms with Crippen molar-refractivity contribution in [2.75, 3.05) is 19.4 Å². The van der Waals surface area contributed by atoms with Crippen molar-refractivity contribution in [1.29, 1.82) is 0 Å². The van der Waals surface area contributed by atoms with Crippen LogP contribution in [-0.4, -0.2) is 54.3 Å². The van der Waals surface area contributed by atoms with Crippen LogP contribution in [0.15, 0.2) is 47.4 Å². The van der Waals surface area contributed by atoms with Crippen molar-refractivity contribution in [3.05, 3.63) is 48.3 Å². The molecule has 1 aliphatic rings. The molecule has 1 aromatic heterocycles. The largest absolute Gasteiger partial charge is 0.478 e. The lowest BCUT2D eigenvalue weighted by Gasteiger charge is -2.25. The SMILES string of the molecule is CCCn1c(COC(=O)CC2Oc3ccccc3NC2=O)nc2cc(S(=O)(=O)N(C)C)ccc21. The first-order valence-corrected chi connectivity index (χ1v) is 12.3. The van der Waals surface area contributed by atoms with Gasteiger partial charge in [-0.25, -0.2) is 17.7 Å². The number of sulfonamides is 1. The first-order chi connectivity index (χ1) is 16.2. The lowest BCUT2D eigenvalue weighted by molar-refractivity contribution is -0.149. The van der Waals surface area contributed by atoms with Crippen molar-refractivity contribution in [2.45, 2.75) is 43.9 Å². The van der Waals surface area contributed by atoms with Crippen LogP contribution in [0.5, 0.6) is 5.75 Å². The van der Waals surface area contributed by atoms with Crippen LogP contribution in [0.25, 0.3) is 11.0 Å². The van der Waals surface area contributed by atoms with Crippen LogP contribution in [0, 0.1) is 0 Å². The Balaban J connectivity index is 1.49. The summed E-state index contributed by atoms with van der Waals surface area (Å²) in [6.45, 7) is 2.51. The van der Waals surface area contributed by atoms with E-state index in [1.165, 1.54) is 26.2 Å². The predicted molar refractivity (Wildman–Crippen MR) is 125 cm³/mol. The molecule has 1 atom stereocenters. The van der Waals surface area contributed by atoms with Gasteiger partial charge in [-0.3, -0.25) is 9.59 Å². The van der Waals surface area contributed by atoms with Gasteiger partial charge in [0.15, 0.2) is 6.10 Å². The molecule has 11 heteroatoms. The fourth-order valence-corrected chi connectivity index (χ4v) is 4.62. The number of nitrogens with one attached hydrogen (secondary N) is 1. The van der Waals surface area contributed by atoms with Crippen LogP contribution in [0.2, 0.25) is 0 Å². The Kier molecular flexibility index (Phi) is 6.58. The highest BCUT2D eigenvalue weighted by Gasteiger charge is 2.30. The molecule has 3 aromatic rings. The van der Waals surface area contributed by atoms with Crippen molar-refractivity contribution < 1.29 is 27.5 Å². The van der Waals surface area contributed by atoms with Crippen LogP contribution in [0.1, 0.15) is 25.6 Å². The maximum absolute atomic E-state index is 12.5. The van der Waals surface area contributed by atoms with Gasteiger partial charge in [0, 0.05) is 20.6 Å². The molecule has 0 fully saturated rings. The fraction of sp³-hybridized carbons (Fsp3) is 0.348. The molecule has 1 aliphatic heterocycles. The average molecular weight is 487 g/mol. The third kappa shape index (κ3) is 4.62. The van der Waals surface area contributed by atoms with Crippen molar-refractivity contribution in [3.8, 4) is 5.75 Å². The Morgan fingerprint density at radius 1 is 1.24 bits per heavy atom. The number of nitrogens with zero attached hydrogens (tertiary/aromatic N) is 3. The minimum atomic E-state index is -3.61. The molecule has 0 saturated heterocycles. The number of esters is 1. The van der Waals surface area contributed by atoms with E-state index in [2.05, 4.69) is 10.3 Å². The maximum Gasteiger partial charge on any atom is 0.310 e. The number of anilines is 1. The number of aromatic nitrogens is 2. The molecule has 4 rings (SSSR count). The quantitative estimate of drug-likeness (QED) is 0.486. The van der Waals surface area contributed by atoms with Gasteiger partial charge in [-0.15, -0.1) is 0 Å². The highest BCUT2D eigenvalue weighted by molar-refractivity contribution is 7.89. The smallest absolute Gasteiger partial charge is 0.310 e. The molecule has 1 unspecified atom stereocenters. The minimum Gasteiger partial charge on any atom is -0.478 e. The van der Waals surface area contributed by atoms with E-state index in [0.717, 1.165) is 16.2 Å². The van der Waals surface area contributed by atoms with Gasteiger partial charge in [-0.1, -0.05) is 19.1 Å². The Hall–Kier alpha value is -3.44. The molecular formula is C23H26N4O6S. The van der Waals surface area contributed by atoms with Gasteiger partial charge in [-0.05, 0) is 36.8 Å². The van der Waals surface area contributed by atoms with Crippen LogP contribution in [0.4, 0.5) is 5.69 Å². The zero-order valence-electron chi connectivity index (χ0n) is 19.1. The van der Waals surface area contributed by atoms with Gasteiger partial charge < -0.3 is 19.4 Å². The van der Waals surface area contributed by atoms with Gasteiger partial charge in [-0.2, -0.15) is 0 Å². The summed E-state index contributed by atoms with van der Waals surface area (Å²) in [6, 6.07) is 11.7. The van der Waals surface area contributed by atoms with E-state index in [1.807, 2.05) is 11.5 Å². The number of carbonyl (C=O) groups excluding carboxylic acids is 2. The zero-order chi connectivity index (χ0) is 24.5. The van der Waals surface area contributed by atoms with Gasteiger partial charge in [0.25, 0.3) is 5.91 Å². The van der Waals surface area contributed by atoms with Gasteiger partial charge in [0.2, 0.25) is 10.0 Å². The second kappa shape index (κ2) is 9.43. The van der Waals surface area contributed by atoms with Gasteiger partial charge >= 0.3 is 5.97 Å². The number of carbonyl (C=O) groups is 2. The Morgan fingerprint density at radius 3 is 2.74 bits per heavy atom. The first-order valence-electron chi connectivity index (χ1n) is 10.8. The molecule has 1 amide bonds. The number of rotatable bonds is 8. The molecule has 180 valence electrons. The third-order valence-electron chi connectivity index (χ3n) is 5.45. The second-order valence-electron chi connectivity index (χ2n) is 8.07. The minimum absolute atomic E-state index is 0.117. The molecule has 34 heavy (non-hydrogen) atoms. The number of ether oxygens (including phenoxy) is 2. The van der Waals surface area contributed by atoms with Crippen LogP contribution < -0.4 is 10.1 Å². The summed E-state index contributed by atoms with van der Waals surface area (Å²) in [5.74, 6) is -0.0360. The molecule has 0 radical (unpaired) electrons. The van der Waals surface area contributed by atoms with E-state index in [0.29, 0.717) is 29.3 Å². The van der Waals surface area contributed by atoms with E-state index in [-0.39, 0.29) is 17.9 Å². The van der Waals surface area contributed by atoms with Gasteiger partial charge in [0.1, 0.15) is 18.2 Å². The Labute approximate surface area is 197 Å². The predicted octanol–water partition coefficient (Wildman–Crippen LogP) is 2.53. The Bertz CT molecular complexity index is 1350. The fourth-order valence-electron chi connectivity index (χ4n) is 3.70. The number of hydrogen-bond acceptors (Lipinski definition) is 7. The molecule has 10 nitrogen and oxygen atoms in total. The first kappa shape index (κ1) is 23.7. The number of benzene rings is 2. The molecule has 0 spiro atoms. The summed E-state index contributed by atoms with van der Waals surface area (Å²) in [5.41, 5.74) is 1.80. The van der Waals surface area contributed by atoms with Crippen LogP contribution >= 0.6 is 0 Å². The standard InChI is InChI=1S/C23H26N4O6S/c1-4-11-27-18-10-9-15(34(30,31)26(2)3)12-17(18)24-21(27)14-32-22(28)13-20-23(29)25-16-7-5-6-8-19(16)33-20/h5-10,12,20H,4,11,13-14H2,1-3H3,(H,25,29). The molecule has 0 aliphatic carbocycles. The van der Waals surface area contributed by atoms with Crippen LogP contribution in [0.3, 0.4) is 0 Å². The third-order valence-corrected chi connectivity index (χ3v) is 7.26. The van der Waals surface area contributed by atoms with Crippen molar-refractivity contribution in [1.82, 2.24) is 13.9 Å². The summed E-state index contributed by atoms with van der Waals surface area (Å²) in [6.07, 6.45) is -0.436. The van der Waals surface area contributed by atoms with Crippen molar-refractivity contribution in [2.24, 2.45) is 0 Å². The highest BCUT2D eigenvalue weighted by Crippen LogP contribution is 2.30. The summed E-state index contributed by atoms with van der Waals surface area (Å²) in [5, 5.41) is 2.72. The number of amides is 1. The lowest BCUT2D eigenvalue weighted by Crippen LogP contribution is -2.38. The Morgan fingerprint density at radius 2 is 2.00 bits per heavy atom. The van der Waals surface area contributed by atoms with E-state index >= 15 is 0 Å². The number of fused-ring (bicyclic) bond motifs is 2. The number of hydrogen-bond donors (Lipinski definition) is 1. The summed E-state index contributed by atoms with van der Waals surface area (Å²) in [7, 11) is -0.671. The van der Waals surface area contributed by atoms with E-state index in [4.69, 9.17) is 9.47 Å². The monoisotopic (exact) mass is 486 g/mol. The van der Waals surface area contributed by atoms with Gasteiger partial charge in [0.05, 0.1) is 28.0 Å². The number of aryl methyl sites for hydroxylation is 1. The second-order valence-corrected chi connectivity index (χ2v) is 10.2. The van der Waals surface area contributed by atoms with Crippen LogP contribution in [-0.2, 0) is 37.5 Å². The summed E-state index contributed by atoms with van der Waals surface area (Å²) >= 11 is 0. The molecule has 0 saturated carbocycles.